The van der Waals surface area contributed by atoms with Gasteiger partial charge in [-0.05, 0) is 51.2 Å². The van der Waals surface area contributed by atoms with Crippen LogP contribution in [0.15, 0.2) is 18.2 Å². The summed E-state index contributed by atoms with van der Waals surface area (Å²) >= 11 is 0. The smallest absolute Gasteiger partial charge is 0.319 e. The first-order chi connectivity index (χ1) is 9.58. The fourth-order valence-electron chi connectivity index (χ4n) is 2.21. The molecule has 0 radical (unpaired) electrons. The van der Waals surface area contributed by atoms with Gasteiger partial charge in [0, 0.05) is 6.04 Å². The zero-order chi connectivity index (χ0) is 14.5. The second-order valence-electron chi connectivity index (χ2n) is 4.98. The van der Waals surface area contributed by atoms with Gasteiger partial charge in [0.05, 0.1) is 11.3 Å². The third-order valence-corrected chi connectivity index (χ3v) is 3.40. The lowest BCUT2D eigenvalue weighted by molar-refractivity contribution is 0.221. The van der Waals surface area contributed by atoms with E-state index in [1.165, 1.54) is 12.1 Å². The monoisotopic (exact) mass is 276 g/mol. The summed E-state index contributed by atoms with van der Waals surface area (Å²) in [7, 11) is 2.05. The zero-order valence-corrected chi connectivity index (χ0v) is 11.3. The Morgan fingerprint density at radius 1 is 1.45 bits per heavy atom. The van der Waals surface area contributed by atoms with E-state index in [9.17, 15) is 9.18 Å². The molecular weight excluding hydrogens is 259 g/mol. The minimum atomic E-state index is -0.497. The van der Waals surface area contributed by atoms with Crippen molar-refractivity contribution in [3.8, 4) is 6.07 Å². The van der Waals surface area contributed by atoms with Crippen molar-refractivity contribution in [3.05, 3.63) is 29.6 Å². The average Bonchev–Trinajstić information content (AvgIpc) is 2.43. The standard InChI is InChI=1S/C14H17FN4O/c1-19-6-4-12(5-7-19)17-14(20)18-13-3-2-11(15)8-10(13)9-16/h2-3,8,12H,4-7H2,1H3,(H2,17,18,20). The van der Waals surface area contributed by atoms with Gasteiger partial charge in [-0.1, -0.05) is 0 Å². The molecule has 1 aromatic rings. The van der Waals surface area contributed by atoms with Crippen molar-refractivity contribution in [2.24, 2.45) is 0 Å². The van der Waals surface area contributed by atoms with E-state index in [2.05, 4.69) is 15.5 Å². The SMILES string of the molecule is CN1CCC(NC(=O)Nc2ccc(F)cc2C#N)CC1. The summed E-state index contributed by atoms with van der Waals surface area (Å²) < 4.78 is 13.0. The molecule has 0 unspecified atom stereocenters. The maximum absolute atomic E-state index is 13.0. The van der Waals surface area contributed by atoms with Gasteiger partial charge in [0.1, 0.15) is 11.9 Å². The van der Waals surface area contributed by atoms with E-state index in [1.807, 2.05) is 13.1 Å². The molecule has 1 aliphatic heterocycles. The Balaban J connectivity index is 1.93. The van der Waals surface area contributed by atoms with Crippen molar-refractivity contribution >= 4 is 11.7 Å². The molecule has 5 nitrogen and oxygen atoms in total. The topological polar surface area (TPSA) is 68.2 Å². The van der Waals surface area contributed by atoms with E-state index < -0.39 is 5.82 Å². The lowest BCUT2D eigenvalue weighted by Gasteiger charge is -2.29. The third kappa shape index (κ3) is 3.68. The first-order valence-electron chi connectivity index (χ1n) is 6.54. The quantitative estimate of drug-likeness (QED) is 0.867. The second kappa shape index (κ2) is 6.35. The predicted molar refractivity (Wildman–Crippen MR) is 73.8 cm³/mol. The van der Waals surface area contributed by atoms with Crippen LogP contribution in [0.5, 0.6) is 0 Å². The van der Waals surface area contributed by atoms with E-state index in [4.69, 9.17) is 5.26 Å². The molecule has 20 heavy (non-hydrogen) atoms. The van der Waals surface area contributed by atoms with Crippen molar-refractivity contribution in [2.45, 2.75) is 18.9 Å². The minimum absolute atomic E-state index is 0.114. The number of carbonyl (C=O) groups is 1. The zero-order valence-electron chi connectivity index (χ0n) is 11.3. The average molecular weight is 276 g/mol. The van der Waals surface area contributed by atoms with E-state index in [0.717, 1.165) is 32.0 Å². The Bertz CT molecular complexity index is 532. The minimum Gasteiger partial charge on any atom is -0.335 e. The second-order valence-corrected chi connectivity index (χ2v) is 4.98. The number of nitrogens with zero attached hydrogens (tertiary/aromatic N) is 2. The lowest BCUT2D eigenvalue weighted by Crippen LogP contribution is -2.44. The van der Waals surface area contributed by atoms with Crippen LogP contribution in [0.3, 0.4) is 0 Å². The Morgan fingerprint density at radius 3 is 2.80 bits per heavy atom. The largest absolute Gasteiger partial charge is 0.335 e. The van der Waals surface area contributed by atoms with Crippen molar-refractivity contribution in [3.63, 3.8) is 0 Å². The summed E-state index contributed by atoms with van der Waals surface area (Å²) in [5.41, 5.74) is 0.433. The molecule has 2 N–H and O–H groups in total. The fraction of sp³-hybridized carbons (Fsp3) is 0.429. The molecule has 1 aromatic carbocycles. The first kappa shape index (κ1) is 14.3. The van der Waals surface area contributed by atoms with Crippen LogP contribution in [0, 0.1) is 17.1 Å². The van der Waals surface area contributed by atoms with E-state index >= 15 is 0 Å². The summed E-state index contributed by atoms with van der Waals surface area (Å²) in [6.07, 6.45) is 1.80. The Morgan fingerprint density at radius 2 is 2.15 bits per heavy atom. The van der Waals surface area contributed by atoms with Crippen LogP contribution in [0.1, 0.15) is 18.4 Å². The van der Waals surface area contributed by atoms with Gasteiger partial charge in [0.15, 0.2) is 0 Å². The molecule has 0 atom stereocenters. The number of likely N-dealkylation sites (tertiary alicyclic amines) is 1. The summed E-state index contributed by atoms with van der Waals surface area (Å²) in [6, 6.07) is 5.35. The van der Waals surface area contributed by atoms with E-state index in [0.29, 0.717) is 5.69 Å². The number of carbonyl (C=O) groups excluding carboxylic acids is 1. The number of nitrogens with one attached hydrogen (secondary N) is 2. The van der Waals surface area contributed by atoms with Crippen molar-refractivity contribution in [1.82, 2.24) is 10.2 Å². The van der Waals surface area contributed by atoms with Gasteiger partial charge in [-0.15, -0.1) is 0 Å². The Kier molecular flexibility index (Phi) is 4.53. The molecule has 1 aliphatic rings. The van der Waals surface area contributed by atoms with Crippen LogP contribution >= 0.6 is 0 Å². The Hall–Kier alpha value is -2.13. The number of urea groups is 1. The molecule has 2 rings (SSSR count). The van der Waals surface area contributed by atoms with E-state index in [-0.39, 0.29) is 17.6 Å². The summed E-state index contributed by atoms with van der Waals surface area (Å²) in [5.74, 6) is -0.497. The molecule has 1 saturated heterocycles. The molecule has 2 amide bonds. The highest BCUT2D eigenvalue weighted by Crippen LogP contribution is 2.16. The Labute approximate surface area is 117 Å². The normalized spacial score (nSPS) is 16.4. The number of benzene rings is 1. The van der Waals surface area contributed by atoms with Gasteiger partial charge in [0.2, 0.25) is 0 Å². The highest BCUT2D eigenvalue weighted by molar-refractivity contribution is 5.90. The molecule has 0 bridgehead atoms. The molecule has 0 aromatic heterocycles. The van der Waals surface area contributed by atoms with Crippen molar-refractivity contribution in [2.75, 3.05) is 25.5 Å². The van der Waals surface area contributed by atoms with Gasteiger partial charge >= 0.3 is 6.03 Å². The van der Waals surface area contributed by atoms with Gasteiger partial charge in [0.25, 0.3) is 0 Å². The van der Waals surface area contributed by atoms with Gasteiger partial charge in [-0.2, -0.15) is 5.26 Å². The number of halogens is 1. The highest BCUT2D eigenvalue weighted by atomic mass is 19.1. The molecule has 1 fully saturated rings. The van der Waals surface area contributed by atoms with Crippen molar-refractivity contribution in [1.29, 1.82) is 5.26 Å². The molecule has 0 saturated carbocycles. The van der Waals surface area contributed by atoms with Crippen LogP contribution in [0.2, 0.25) is 0 Å². The van der Waals surface area contributed by atoms with E-state index in [1.54, 1.807) is 0 Å². The highest BCUT2D eigenvalue weighted by Gasteiger charge is 2.18. The van der Waals surface area contributed by atoms with Crippen molar-refractivity contribution < 1.29 is 9.18 Å². The van der Waals surface area contributed by atoms with Gasteiger partial charge in [-0.25, -0.2) is 9.18 Å². The predicted octanol–water partition coefficient (Wildman–Crippen LogP) is 1.91. The number of amides is 2. The van der Waals surface area contributed by atoms with Crippen LogP contribution in [-0.2, 0) is 0 Å². The number of nitriles is 1. The summed E-state index contributed by atoms with van der Waals surface area (Å²) in [6.45, 7) is 1.90. The maximum Gasteiger partial charge on any atom is 0.319 e. The number of hydrogen-bond donors (Lipinski definition) is 2. The van der Waals surface area contributed by atoms with Crippen LogP contribution < -0.4 is 10.6 Å². The first-order valence-corrected chi connectivity index (χ1v) is 6.54. The lowest BCUT2D eigenvalue weighted by atomic mass is 10.1. The third-order valence-electron chi connectivity index (χ3n) is 3.40. The molecule has 106 valence electrons. The summed E-state index contributed by atoms with van der Waals surface area (Å²) in [4.78, 5) is 14.1. The van der Waals surface area contributed by atoms with Crippen LogP contribution in [0.4, 0.5) is 14.9 Å². The number of rotatable bonds is 2. The van der Waals surface area contributed by atoms with Crippen LogP contribution in [-0.4, -0.2) is 37.1 Å². The molecule has 6 heteroatoms. The molecule has 1 heterocycles. The maximum atomic E-state index is 13.0. The molecule has 0 spiro atoms. The number of piperidine rings is 1. The van der Waals surface area contributed by atoms with Gasteiger partial charge < -0.3 is 15.5 Å². The fourth-order valence-corrected chi connectivity index (χ4v) is 2.21. The molecule has 0 aliphatic carbocycles. The number of anilines is 1. The summed E-state index contributed by atoms with van der Waals surface area (Å²) in [5, 5.41) is 14.4. The van der Waals surface area contributed by atoms with Gasteiger partial charge in [-0.3, -0.25) is 0 Å². The number of hydrogen-bond acceptors (Lipinski definition) is 3. The molecular formula is C14H17FN4O. The van der Waals surface area contributed by atoms with Crippen LogP contribution in [0.25, 0.3) is 0 Å².